The highest BCUT2D eigenvalue weighted by Gasteiger charge is 2.37. The second kappa shape index (κ2) is 8.31. The van der Waals surface area contributed by atoms with Gasteiger partial charge in [-0.15, -0.1) is 0 Å². The minimum atomic E-state index is -0.940. The Morgan fingerprint density at radius 3 is 2.65 bits per heavy atom. The number of aliphatic carboxylic acids is 1. The summed E-state index contributed by atoms with van der Waals surface area (Å²) in [6.07, 6.45) is 5.63. The molecule has 3 rings (SSSR count). The van der Waals surface area contributed by atoms with Crippen LogP contribution >= 0.6 is 0 Å². The van der Waals surface area contributed by atoms with E-state index in [1.807, 2.05) is 12.1 Å². The van der Waals surface area contributed by atoms with Crippen molar-refractivity contribution in [2.24, 2.45) is 5.92 Å². The van der Waals surface area contributed by atoms with Crippen LogP contribution in [0.5, 0.6) is 0 Å². The number of carboxylic acids is 1. The molecule has 2 aliphatic rings. The molecule has 1 aromatic carbocycles. The summed E-state index contributed by atoms with van der Waals surface area (Å²) in [7, 11) is -0.940. The molecule has 2 saturated carbocycles. The standard InChI is InChI=1S/C19H26N2O4S/c1-26(25)12-14-3-2-4-15(7-14)19(24)20-16-8-17(9-16)21(11-18(22)23)10-13-5-6-13/h2-4,7,13,16-17H,5-6,8-12H2,1H3,(H,20,24)(H,22,23). The first kappa shape index (κ1) is 19.0. The highest BCUT2D eigenvalue weighted by Crippen LogP contribution is 2.33. The van der Waals surface area contributed by atoms with Crippen molar-refractivity contribution in [1.82, 2.24) is 10.2 Å². The predicted molar refractivity (Wildman–Crippen MR) is 100 cm³/mol. The van der Waals surface area contributed by atoms with Crippen LogP contribution in [0.2, 0.25) is 0 Å². The quantitative estimate of drug-likeness (QED) is 0.682. The Kier molecular flexibility index (Phi) is 6.09. The second-order valence-corrected chi connectivity index (χ2v) is 8.92. The average Bonchev–Trinajstić information content (AvgIpc) is 3.32. The van der Waals surface area contributed by atoms with Crippen molar-refractivity contribution in [3.8, 4) is 0 Å². The first-order chi connectivity index (χ1) is 12.4. The van der Waals surface area contributed by atoms with E-state index in [2.05, 4.69) is 10.2 Å². The number of nitrogens with zero attached hydrogens (tertiary/aromatic N) is 1. The molecule has 26 heavy (non-hydrogen) atoms. The zero-order chi connectivity index (χ0) is 18.7. The third-order valence-electron chi connectivity index (χ3n) is 5.05. The van der Waals surface area contributed by atoms with Crippen molar-refractivity contribution in [2.45, 2.75) is 43.5 Å². The Bertz CT molecular complexity index is 699. The summed E-state index contributed by atoms with van der Waals surface area (Å²) in [6.45, 7) is 0.936. The lowest BCUT2D eigenvalue weighted by Gasteiger charge is -2.42. The Labute approximate surface area is 156 Å². The van der Waals surface area contributed by atoms with Gasteiger partial charge in [0.25, 0.3) is 5.91 Å². The fourth-order valence-electron chi connectivity index (χ4n) is 3.46. The van der Waals surface area contributed by atoms with Crippen LogP contribution in [0, 0.1) is 5.92 Å². The topological polar surface area (TPSA) is 86.7 Å². The van der Waals surface area contributed by atoms with Gasteiger partial charge >= 0.3 is 5.97 Å². The molecule has 0 saturated heterocycles. The van der Waals surface area contributed by atoms with E-state index in [4.69, 9.17) is 5.11 Å². The molecule has 0 heterocycles. The lowest BCUT2D eigenvalue weighted by Crippen LogP contribution is -2.55. The lowest BCUT2D eigenvalue weighted by molar-refractivity contribution is -0.139. The zero-order valence-electron chi connectivity index (χ0n) is 15.0. The van der Waals surface area contributed by atoms with Gasteiger partial charge in [-0.1, -0.05) is 12.1 Å². The third kappa shape index (κ3) is 5.38. The lowest BCUT2D eigenvalue weighted by atomic mass is 9.85. The Morgan fingerprint density at radius 1 is 1.31 bits per heavy atom. The molecule has 1 amide bonds. The van der Waals surface area contributed by atoms with Crippen molar-refractivity contribution in [1.29, 1.82) is 0 Å². The highest BCUT2D eigenvalue weighted by molar-refractivity contribution is 7.83. The SMILES string of the molecule is CS(=O)Cc1cccc(C(=O)NC2CC(N(CC(=O)O)CC3CC3)C2)c1. The number of carbonyl (C=O) groups excluding carboxylic acids is 1. The van der Waals surface area contributed by atoms with Crippen molar-refractivity contribution < 1.29 is 18.9 Å². The number of hydrogen-bond donors (Lipinski definition) is 2. The molecule has 1 atom stereocenters. The summed E-state index contributed by atoms with van der Waals surface area (Å²) in [5.41, 5.74) is 1.47. The number of nitrogens with one attached hydrogen (secondary N) is 1. The Morgan fingerprint density at radius 2 is 2.04 bits per heavy atom. The van der Waals surface area contributed by atoms with E-state index in [0.29, 0.717) is 17.2 Å². The maximum atomic E-state index is 12.4. The number of amides is 1. The molecule has 6 nitrogen and oxygen atoms in total. The summed E-state index contributed by atoms with van der Waals surface area (Å²) >= 11 is 0. The average molecular weight is 378 g/mol. The molecule has 0 aliphatic heterocycles. The van der Waals surface area contributed by atoms with Gasteiger partial charge in [0.05, 0.1) is 6.54 Å². The third-order valence-corrected chi connectivity index (χ3v) is 5.79. The summed E-state index contributed by atoms with van der Waals surface area (Å²) in [4.78, 5) is 25.6. The summed E-state index contributed by atoms with van der Waals surface area (Å²) in [6, 6.07) is 7.57. The summed E-state index contributed by atoms with van der Waals surface area (Å²) < 4.78 is 11.3. The molecule has 2 N–H and O–H groups in total. The van der Waals surface area contributed by atoms with Crippen LogP contribution in [-0.2, 0) is 21.3 Å². The van der Waals surface area contributed by atoms with Crippen LogP contribution in [0.3, 0.4) is 0 Å². The van der Waals surface area contributed by atoms with Gasteiger partial charge in [0.2, 0.25) is 0 Å². The number of hydrogen-bond acceptors (Lipinski definition) is 4. The molecule has 0 bridgehead atoms. The molecule has 142 valence electrons. The summed E-state index contributed by atoms with van der Waals surface area (Å²) in [5.74, 6) is 0.181. The van der Waals surface area contributed by atoms with Gasteiger partial charge in [-0.3, -0.25) is 18.7 Å². The van der Waals surface area contributed by atoms with Crippen LogP contribution in [0.15, 0.2) is 24.3 Å². The summed E-state index contributed by atoms with van der Waals surface area (Å²) in [5, 5.41) is 12.1. The molecule has 0 aromatic heterocycles. The van der Waals surface area contributed by atoms with Gasteiger partial charge in [0, 0.05) is 47.0 Å². The van der Waals surface area contributed by atoms with E-state index in [1.165, 1.54) is 12.8 Å². The van der Waals surface area contributed by atoms with Crippen molar-refractivity contribution in [2.75, 3.05) is 19.3 Å². The van der Waals surface area contributed by atoms with Crippen LogP contribution in [-0.4, -0.2) is 57.5 Å². The van der Waals surface area contributed by atoms with E-state index in [1.54, 1.807) is 18.4 Å². The van der Waals surface area contributed by atoms with Crippen molar-refractivity contribution >= 4 is 22.7 Å². The van der Waals surface area contributed by atoms with Crippen LogP contribution in [0.25, 0.3) is 0 Å². The largest absolute Gasteiger partial charge is 0.480 e. The molecule has 1 aromatic rings. The normalized spacial score (nSPS) is 23.3. The van der Waals surface area contributed by atoms with Crippen molar-refractivity contribution in [3.05, 3.63) is 35.4 Å². The highest BCUT2D eigenvalue weighted by atomic mass is 32.2. The van der Waals surface area contributed by atoms with Gasteiger partial charge in [0.1, 0.15) is 0 Å². The predicted octanol–water partition coefficient (Wildman–Crippen LogP) is 1.62. The molecule has 2 fully saturated rings. The molecule has 0 spiro atoms. The van der Waals surface area contributed by atoms with E-state index < -0.39 is 16.8 Å². The molecule has 7 heteroatoms. The van der Waals surface area contributed by atoms with E-state index in [0.717, 1.165) is 24.9 Å². The number of carbonyl (C=O) groups is 2. The molecular formula is C19H26N2O4S. The monoisotopic (exact) mass is 378 g/mol. The maximum absolute atomic E-state index is 12.4. The van der Waals surface area contributed by atoms with Gasteiger partial charge in [-0.25, -0.2) is 0 Å². The zero-order valence-corrected chi connectivity index (χ0v) is 15.8. The number of carboxylic acid groups (broad SMARTS) is 1. The van der Waals surface area contributed by atoms with E-state index >= 15 is 0 Å². The molecule has 0 radical (unpaired) electrons. The first-order valence-corrected chi connectivity index (χ1v) is 10.8. The minimum absolute atomic E-state index is 0.0814. The van der Waals surface area contributed by atoms with Crippen LogP contribution in [0.4, 0.5) is 0 Å². The van der Waals surface area contributed by atoms with Gasteiger partial charge in [-0.05, 0) is 49.3 Å². The van der Waals surface area contributed by atoms with Crippen LogP contribution < -0.4 is 5.32 Å². The van der Waals surface area contributed by atoms with Crippen LogP contribution in [0.1, 0.15) is 41.6 Å². The Hall–Kier alpha value is -1.73. The number of rotatable bonds is 9. The van der Waals surface area contributed by atoms with Crippen molar-refractivity contribution in [3.63, 3.8) is 0 Å². The first-order valence-electron chi connectivity index (χ1n) is 9.06. The molecule has 1 unspecified atom stereocenters. The molecule has 2 aliphatic carbocycles. The fraction of sp³-hybridized carbons (Fsp3) is 0.579. The van der Waals surface area contributed by atoms with Gasteiger partial charge in [0.15, 0.2) is 0 Å². The second-order valence-electron chi connectivity index (χ2n) is 7.48. The maximum Gasteiger partial charge on any atom is 0.317 e. The molecular weight excluding hydrogens is 352 g/mol. The minimum Gasteiger partial charge on any atom is -0.480 e. The Balaban J connectivity index is 1.50. The van der Waals surface area contributed by atoms with Gasteiger partial charge in [-0.2, -0.15) is 0 Å². The smallest absolute Gasteiger partial charge is 0.317 e. The fourth-order valence-corrected chi connectivity index (χ4v) is 4.11. The van der Waals surface area contributed by atoms with E-state index in [9.17, 15) is 13.8 Å². The van der Waals surface area contributed by atoms with Gasteiger partial charge < -0.3 is 10.4 Å². The number of benzene rings is 1. The van der Waals surface area contributed by atoms with E-state index in [-0.39, 0.29) is 24.5 Å².